The van der Waals surface area contributed by atoms with Crippen LogP contribution in [-0.2, 0) is 10.9 Å². The van der Waals surface area contributed by atoms with Crippen molar-refractivity contribution >= 4 is 5.95 Å². The van der Waals surface area contributed by atoms with Crippen molar-refractivity contribution in [2.45, 2.75) is 19.5 Å². The van der Waals surface area contributed by atoms with Gasteiger partial charge in [0.15, 0.2) is 5.69 Å². The van der Waals surface area contributed by atoms with Gasteiger partial charge in [0.05, 0.1) is 6.61 Å². The predicted molar refractivity (Wildman–Crippen MR) is 61.4 cm³/mol. The van der Waals surface area contributed by atoms with E-state index in [1.54, 1.807) is 0 Å². The molecule has 0 saturated heterocycles. The first-order valence-corrected chi connectivity index (χ1v) is 5.60. The highest BCUT2D eigenvalue weighted by Gasteiger charge is 2.34. The van der Waals surface area contributed by atoms with Gasteiger partial charge in [-0.25, -0.2) is 10.8 Å². The lowest BCUT2D eigenvalue weighted by Gasteiger charge is -2.11. The zero-order valence-corrected chi connectivity index (χ0v) is 10.3. The van der Waals surface area contributed by atoms with Crippen molar-refractivity contribution in [1.29, 1.82) is 0 Å². The van der Waals surface area contributed by atoms with Gasteiger partial charge in [0.1, 0.15) is 6.61 Å². The lowest BCUT2D eigenvalue weighted by Crippen LogP contribution is -2.17. The Bertz CT molecular complexity index is 401. The number of alkyl halides is 3. The summed E-state index contributed by atoms with van der Waals surface area (Å²) in [5.74, 6) is 4.43. The Labute approximate surface area is 108 Å². The van der Waals surface area contributed by atoms with Crippen LogP contribution in [0.3, 0.4) is 0 Å². The number of hydrazine groups is 1. The van der Waals surface area contributed by atoms with Gasteiger partial charge in [0, 0.05) is 12.7 Å². The maximum Gasteiger partial charge on any atom is 0.433 e. The predicted octanol–water partition coefficient (Wildman–Crippen LogP) is 1.59. The van der Waals surface area contributed by atoms with Gasteiger partial charge in [-0.1, -0.05) is 6.92 Å². The van der Waals surface area contributed by atoms with E-state index in [0.717, 1.165) is 6.42 Å². The highest BCUT2D eigenvalue weighted by atomic mass is 19.4. The summed E-state index contributed by atoms with van der Waals surface area (Å²) >= 11 is 0. The van der Waals surface area contributed by atoms with E-state index in [2.05, 4.69) is 9.97 Å². The summed E-state index contributed by atoms with van der Waals surface area (Å²) in [6.07, 6.45) is -3.74. The second-order valence-electron chi connectivity index (χ2n) is 3.52. The van der Waals surface area contributed by atoms with Crippen LogP contribution in [0, 0.1) is 0 Å². The van der Waals surface area contributed by atoms with E-state index < -0.39 is 11.9 Å². The monoisotopic (exact) mass is 280 g/mol. The smallest absolute Gasteiger partial charge is 0.433 e. The van der Waals surface area contributed by atoms with E-state index in [1.807, 2.05) is 12.3 Å². The molecule has 0 atom stereocenters. The zero-order valence-electron chi connectivity index (χ0n) is 10.3. The average Bonchev–Trinajstić information content (AvgIpc) is 2.37. The first-order valence-electron chi connectivity index (χ1n) is 5.60. The molecule has 0 bridgehead atoms. The molecule has 0 spiro atoms. The van der Waals surface area contributed by atoms with Gasteiger partial charge in [-0.3, -0.25) is 5.43 Å². The van der Waals surface area contributed by atoms with Gasteiger partial charge in [0.25, 0.3) is 0 Å². The average molecular weight is 280 g/mol. The number of nitrogens with two attached hydrogens (primary N) is 1. The summed E-state index contributed by atoms with van der Waals surface area (Å²) in [6.45, 7) is 2.87. The molecule has 0 amide bonds. The Balaban J connectivity index is 2.67. The lowest BCUT2D eigenvalue weighted by molar-refractivity contribution is -0.141. The number of halogens is 3. The molecule has 1 aromatic rings. The fraction of sp³-hybridized carbons (Fsp3) is 0.600. The fourth-order valence-electron chi connectivity index (χ4n) is 1.16. The minimum Gasteiger partial charge on any atom is -0.475 e. The standard InChI is InChI=1S/C10H15F3N4O2/c1-2-3-18-4-5-19-8-6-7(10(11,12)13)15-9(16-8)17-14/h6H,2-5,14H2,1H3,(H,15,16,17). The molecule has 1 heterocycles. The number of ether oxygens (including phenoxy) is 2. The second kappa shape index (κ2) is 7.10. The van der Waals surface area contributed by atoms with Crippen LogP contribution in [0.15, 0.2) is 6.07 Å². The minimum atomic E-state index is -4.59. The maximum atomic E-state index is 12.5. The maximum absolute atomic E-state index is 12.5. The number of aromatic nitrogens is 2. The largest absolute Gasteiger partial charge is 0.475 e. The SMILES string of the molecule is CCCOCCOc1cc(C(F)(F)F)nc(NN)n1. The quantitative estimate of drug-likeness (QED) is 0.448. The Hall–Kier alpha value is -1.61. The number of hydrogen-bond donors (Lipinski definition) is 2. The first kappa shape index (κ1) is 15.4. The van der Waals surface area contributed by atoms with E-state index in [9.17, 15) is 13.2 Å². The van der Waals surface area contributed by atoms with Crippen molar-refractivity contribution in [2.24, 2.45) is 5.84 Å². The molecule has 0 radical (unpaired) electrons. The molecule has 0 aliphatic carbocycles. The number of nitrogens with one attached hydrogen (secondary N) is 1. The molecule has 3 N–H and O–H groups in total. The summed E-state index contributed by atoms with van der Waals surface area (Å²) < 4.78 is 47.8. The van der Waals surface area contributed by atoms with Gasteiger partial charge in [-0.2, -0.15) is 18.2 Å². The van der Waals surface area contributed by atoms with E-state index in [4.69, 9.17) is 15.3 Å². The molecule has 0 saturated carbocycles. The highest BCUT2D eigenvalue weighted by molar-refractivity contribution is 5.30. The van der Waals surface area contributed by atoms with Crippen molar-refractivity contribution in [3.8, 4) is 5.88 Å². The van der Waals surface area contributed by atoms with Gasteiger partial charge < -0.3 is 9.47 Å². The normalized spacial score (nSPS) is 11.4. The van der Waals surface area contributed by atoms with Gasteiger partial charge in [0.2, 0.25) is 11.8 Å². The zero-order chi connectivity index (χ0) is 14.3. The number of anilines is 1. The van der Waals surface area contributed by atoms with Crippen LogP contribution in [0.25, 0.3) is 0 Å². The van der Waals surface area contributed by atoms with Crippen LogP contribution in [0.5, 0.6) is 5.88 Å². The number of nitrogen functional groups attached to an aromatic ring is 1. The summed E-state index contributed by atoms with van der Waals surface area (Å²) in [5, 5.41) is 0. The van der Waals surface area contributed by atoms with E-state index in [0.29, 0.717) is 12.7 Å². The second-order valence-corrected chi connectivity index (χ2v) is 3.52. The van der Waals surface area contributed by atoms with Crippen molar-refractivity contribution < 1.29 is 22.6 Å². The highest BCUT2D eigenvalue weighted by Crippen LogP contribution is 2.30. The van der Waals surface area contributed by atoms with Gasteiger partial charge in [-0.05, 0) is 6.42 Å². The summed E-state index contributed by atoms with van der Waals surface area (Å²) in [4.78, 5) is 6.86. The molecule has 0 fully saturated rings. The Kier molecular flexibility index (Phi) is 5.77. The van der Waals surface area contributed by atoms with Crippen LogP contribution in [-0.4, -0.2) is 29.8 Å². The molecule has 6 nitrogen and oxygen atoms in total. The Morgan fingerprint density at radius 1 is 1.26 bits per heavy atom. The summed E-state index contributed by atoms with van der Waals surface area (Å²) in [7, 11) is 0. The molecule has 0 aliphatic rings. The Morgan fingerprint density at radius 3 is 2.58 bits per heavy atom. The molecule has 1 aromatic heterocycles. The van der Waals surface area contributed by atoms with Crippen molar-refractivity contribution in [1.82, 2.24) is 9.97 Å². The van der Waals surface area contributed by atoms with Crippen molar-refractivity contribution in [2.75, 3.05) is 25.2 Å². The first-order chi connectivity index (χ1) is 8.97. The summed E-state index contributed by atoms with van der Waals surface area (Å²) in [6, 6.07) is 0.709. The Morgan fingerprint density at radius 2 is 2.00 bits per heavy atom. The molecule has 0 unspecified atom stereocenters. The fourth-order valence-corrected chi connectivity index (χ4v) is 1.16. The number of hydrogen-bond acceptors (Lipinski definition) is 6. The number of rotatable bonds is 7. The summed E-state index contributed by atoms with van der Waals surface area (Å²) in [5.41, 5.74) is 0.832. The molecule has 0 aromatic carbocycles. The van der Waals surface area contributed by atoms with E-state index in [-0.39, 0.29) is 25.0 Å². The van der Waals surface area contributed by atoms with Crippen LogP contribution in [0.4, 0.5) is 19.1 Å². The van der Waals surface area contributed by atoms with Crippen LogP contribution >= 0.6 is 0 Å². The van der Waals surface area contributed by atoms with Gasteiger partial charge in [-0.15, -0.1) is 0 Å². The third-order valence-corrected chi connectivity index (χ3v) is 1.95. The molecule has 9 heteroatoms. The van der Waals surface area contributed by atoms with Crippen molar-refractivity contribution in [3.63, 3.8) is 0 Å². The van der Waals surface area contributed by atoms with Crippen LogP contribution in [0.2, 0.25) is 0 Å². The molecule has 19 heavy (non-hydrogen) atoms. The third kappa shape index (κ3) is 5.26. The minimum absolute atomic E-state index is 0.0956. The molecule has 0 aliphatic heterocycles. The number of nitrogens with zero attached hydrogens (tertiary/aromatic N) is 2. The van der Waals surface area contributed by atoms with E-state index >= 15 is 0 Å². The van der Waals surface area contributed by atoms with Crippen LogP contribution < -0.4 is 16.0 Å². The third-order valence-electron chi connectivity index (χ3n) is 1.95. The molecular weight excluding hydrogens is 265 g/mol. The molecular formula is C10H15F3N4O2. The molecule has 1 rings (SSSR count). The topological polar surface area (TPSA) is 82.3 Å². The molecule has 108 valence electrons. The van der Waals surface area contributed by atoms with Crippen LogP contribution in [0.1, 0.15) is 19.0 Å². The lowest BCUT2D eigenvalue weighted by atomic mass is 10.4. The van der Waals surface area contributed by atoms with Crippen molar-refractivity contribution in [3.05, 3.63) is 11.8 Å². The van der Waals surface area contributed by atoms with E-state index in [1.165, 1.54) is 0 Å². The van der Waals surface area contributed by atoms with Gasteiger partial charge >= 0.3 is 6.18 Å².